The van der Waals surface area contributed by atoms with Crippen LogP contribution in [0, 0.1) is 0 Å². The van der Waals surface area contributed by atoms with E-state index in [4.69, 9.17) is 0 Å². The standard InChI is InChI=1S/C10H23NO4/c1-5-7(12)8(13)9(14)10(2,15)6-11(3)4/h7-9,12-15H,5-6H2,1-4H3/t7-,8-,9+,10?/m1/s1. The third-order valence-corrected chi connectivity index (χ3v) is 2.41. The Morgan fingerprint density at radius 1 is 1.20 bits per heavy atom. The van der Waals surface area contributed by atoms with E-state index in [-0.39, 0.29) is 6.54 Å². The summed E-state index contributed by atoms with van der Waals surface area (Å²) in [6, 6.07) is 0. The second kappa shape index (κ2) is 5.77. The molecule has 0 aliphatic carbocycles. The van der Waals surface area contributed by atoms with Crippen molar-refractivity contribution in [2.45, 2.75) is 44.2 Å². The highest BCUT2D eigenvalue weighted by molar-refractivity contribution is 4.91. The molecule has 0 rings (SSSR count). The molecule has 0 bridgehead atoms. The van der Waals surface area contributed by atoms with Gasteiger partial charge >= 0.3 is 0 Å². The van der Waals surface area contributed by atoms with Crippen LogP contribution in [-0.4, -0.2) is 69.9 Å². The molecule has 0 saturated carbocycles. The van der Waals surface area contributed by atoms with Crippen molar-refractivity contribution in [1.82, 2.24) is 4.90 Å². The molecular weight excluding hydrogens is 198 g/mol. The van der Waals surface area contributed by atoms with Crippen LogP contribution in [0.1, 0.15) is 20.3 Å². The van der Waals surface area contributed by atoms with Gasteiger partial charge in [-0.05, 0) is 27.4 Å². The van der Waals surface area contributed by atoms with E-state index in [2.05, 4.69) is 0 Å². The van der Waals surface area contributed by atoms with Gasteiger partial charge in [0.15, 0.2) is 0 Å². The van der Waals surface area contributed by atoms with Crippen LogP contribution in [0.4, 0.5) is 0 Å². The number of hydrogen-bond acceptors (Lipinski definition) is 5. The Kier molecular flexibility index (Phi) is 5.69. The molecule has 0 aromatic carbocycles. The highest BCUT2D eigenvalue weighted by Gasteiger charge is 2.38. The fraction of sp³-hybridized carbons (Fsp3) is 1.00. The van der Waals surface area contributed by atoms with Crippen LogP contribution in [0.3, 0.4) is 0 Å². The van der Waals surface area contributed by atoms with Gasteiger partial charge in [-0.25, -0.2) is 0 Å². The lowest BCUT2D eigenvalue weighted by Gasteiger charge is -2.35. The summed E-state index contributed by atoms with van der Waals surface area (Å²) in [5.41, 5.74) is -1.45. The predicted molar refractivity (Wildman–Crippen MR) is 57.5 cm³/mol. The molecule has 0 aromatic rings. The molecule has 0 aromatic heterocycles. The average Bonchev–Trinajstić information content (AvgIpc) is 2.12. The Morgan fingerprint density at radius 3 is 2.00 bits per heavy atom. The Labute approximate surface area is 91.0 Å². The maximum absolute atomic E-state index is 9.91. The van der Waals surface area contributed by atoms with Gasteiger partial charge < -0.3 is 25.3 Å². The van der Waals surface area contributed by atoms with E-state index in [0.717, 1.165) is 0 Å². The summed E-state index contributed by atoms with van der Waals surface area (Å²) in [6.45, 7) is 3.34. The van der Waals surface area contributed by atoms with Crippen LogP contribution < -0.4 is 0 Å². The first-order valence-corrected chi connectivity index (χ1v) is 5.13. The number of rotatable bonds is 6. The van der Waals surface area contributed by atoms with Crippen molar-refractivity contribution in [3.05, 3.63) is 0 Å². The van der Waals surface area contributed by atoms with Crippen molar-refractivity contribution in [3.63, 3.8) is 0 Å². The molecule has 0 heterocycles. The lowest BCUT2D eigenvalue weighted by atomic mass is 9.91. The van der Waals surface area contributed by atoms with Crippen molar-refractivity contribution >= 4 is 0 Å². The van der Waals surface area contributed by atoms with E-state index >= 15 is 0 Å². The fourth-order valence-electron chi connectivity index (χ4n) is 1.55. The average molecular weight is 221 g/mol. The second-order valence-corrected chi connectivity index (χ2v) is 4.51. The minimum atomic E-state index is -1.45. The summed E-state index contributed by atoms with van der Waals surface area (Å²) in [6.07, 6.45) is -3.38. The Bertz CT molecular complexity index is 184. The highest BCUT2D eigenvalue weighted by atomic mass is 16.4. The third kappa shape index (κ3) is 4.44. The normalized spacial score (nSPS) is 22.2. The van der Waals surface area contributed by atoms with Crippen LogP contribution in [0.25, 0.3) is 0 Å². The largest absolute Gasteiger partial charge is 0.390 e. The van der Waals surface area contributed by atoms with Gasteiger partial charge in [-0.15, -0.1) is 0 Å². The molecule has 0 aliphatic heterocycles. The molecule has 0 fully saturated rings. The molecule has 0 amide bonds. The SMILES string of the molecule is CC[C@@H](O)[C@@H](O)[C@H](O)C(C)(O)CN(C)C. The summed E-state index contributed by atoms with van der Waals surface area (Å²) >= 11 is 0. The van der Waals surface area contributed by atoms with Crippen LogP contribution in [0.2, 0.25) is 0 Å². The second-order valence-electron chi connectivity index (χ2n) is 4.51. The fourth-order valence-corrected chi connectivity index (χ4v) is 1.55. The van der Waals surface area contributed by atoms with Crippen molar-refractivity contribution < 1.29 is 20.4 Å². The molecule has 0 aliphatic rings. The zero-order valence-corrected chi connectivity index (χ0v) is 9.88. The van der Waals surface area contributed by atoms with E-state index in [1.165, 1.54) is 6.92 Å². The molecule has 92 valence electrons. The zero-order chi connectivity index (χ0) is 12.2. The molecule has 4 atom stereocenters. The number of hydrogen-bond donors (Lipinski definition) is 4. The number of nitrogens with zero attached hydrogens (tertiary/aromatic N) is 1. The van der Waals surface area contributed by atoms with Crippen molar-refractivity contribution in [2.24, 2.45) is 0 Å². The smallest absolute Gasteiger partial charge is 0.112 e. The lowest BCUT2D eigenvalue weighted by Crippen LogP contribution is -2.55. The van der Waals surface area contributed by atoms with E-state index in [1.807, 2.05) is 0 Å². The van der Waals surface area contributed by atoms with Crippen molar-refractivity contribution in [3.8, 4) is 0 Å². The summed E-state index contributed by atoms with van der Waals surface area (Å²) in [7, 11) is 3.51. The summed E-state index contributed by atoms with van der Waals surface area (Å²) in [4.78, 5) is 1.70. The van der Waals surface area contributed by atoms with Gasteiger partial charge in [0, 0.05) is 6.54 Å². The van der Waals surface area contributed by atoms with Gasteiger partial charge in [0.2, 0.25) is 0 Å². The molecule has 1 unspecified atom stereocenters. The molecule has 5 nitrogen and oxygen atoms in total. The molecule has 4 N–H and O–H groups in total. The van der Waals surface area contributed by atoms with E-state index in [0.29, 0.717) is 6.42 Å². The highest BCUT2D eigenvalue weighted by Crippen LogP contribution is 2.17. The number of aliphatic hydroxyl groups is 4. The van der Waals surface area contributed by atoms with Gasteiger partial charge in [-0.1, -0.05) is 6.92 Å². The Balaban J connectivity index is 4.46. The van der Waals surface area contributed by atoms with Crippen LogP contribution >= 0.6 is 0 Å². The van der Waals surface area contributed by atoms with Gasteiger partial charge in [0.25, 0.3) is 0 Å². The van der Waals surface area contributed by atoms with Crippen molar-refractivity contribution in [2.75, 3.05) is 20.6 Å². The molecule has 5 heteroatoms. The Hall–Kier alpha value is -0.200. The van der Waals surface area contributed by atoms with Crippen LogP contribution in [0.15, 0.2) is 0 Å². The van der Waals surface area contributed by atoms with Gasteiger partial charge in [0.05, 0.1) is 6.10 Å². The van der Waals surface area contributed by atoms with E-state index in [9.17, 15) is 20.4 Å². The first kappa shape index (κ1) is 14.8. The molecule has 0 saturated heterocycles. The third-order valence-electron chi connectivity index (χ3n) is 2.41. The van der Waals surface area contributed by atoms with Crippen molar-refractivity contribution in [1.29, 1.82) is 0 Å². The van der Waals surface area contributed by atoms with E-state index in [1.54, 1.807) is 25.9 Å². The first-order valence-electron chi connectivity index (χ1n) is 5.13. The lowest BCUT2D eigenvalue weighted by molar-refractivity contribution is -0.150. The maximum atomic E-state index is 9.91. The Morgan fingerprint density at radius 2 is 1.67 bits per heavy atom. The van der Waals surface area contributed by atoms with Gasteiger partial charge in [-0.2, -0.15) is 0 Å². The maximum Gasteiger partial charge on any atom is 0.112 e. The first-order chi connectivity index (χ1) is 6.72. The minimum Gasteiger partial charge on any atom is -0.390 e. The summed E-state index contributed by atoms with van der Waals surface area (Å²) in [5.74, 6) is 0. The van der Waals surface area contributed by atoms with Gasteiger partial charge in [-0.3, -0.25) is 0 Å². The van der Waals surface area contributed by atoms with Crippen LogP contribution in [-0.2, 0) is 0 Å². The number of likely N-dealkylation sites (N-methyl/N-ethyl adjacent to an activating group) is 1. The van der Waals surface area contributed by atoms with Crippen LogP contribution in [0.5, 0.6) is 0 Å². The van der Waals surface area contributed by atoms with Gasteiger partial charge in [0.1, 0.15) is 17.8 Å². The zero-order valence-electron chi connectivity index (χ0n) is 9.88. The molecule has 15 heavy (non-hydrogen) atoms. The molecular formula is C10H23NO4. The van der Waals surface area contributed by atoms with E-state index < -0.39 is 23.9 Å². The predicted octanol–water partition coefficient (Wildman–Crippen LogP) is -1.21. The monoisotopic (exact) mass is 221 g/mol. The quantitative estimate of drug-likeness (QED) is 0.452. The molecule has 0 spiro atoms. The summed E-state index contributed by atoms with van der Waals surface area (Å²) < 4.78 is 0. The number of aliphatic hydroxyl groups excluding tert-OH is 3. The molecule has 0 radical (unpaired) electrons. The minimum absolute atomic E-state index is 0.210. The summed E-state index contributed by atoms with van der Waals surface area (Å²) in [5, 5.41) is 38.5. The topological polar surface area (TPSA) is 84.2 Å².